The maximum absolute atomic E-state index is 13.8. The first-order chi connectivity index (χ1) is 24.6. The van der Waals surface area contributed by atoms with Gasteiger partial charge in [0.2, 0.25) is 29.5 Å². The summed E-state index contributed by atoms with van der Waals surface area (Å²) in [7, 11) is 0. The smallest absolute Gasteiger partial charge is 0.407 e. The molecule has 14 nitrogen and oxygen atoms in total. The van der Waals surface area contributed by atoms with E-state index < -0.39 is 65.9 Å². The van der Waals surface area contributed by atoms with Crippen LogP contribution >= 0.6 is 0 Å². The average Bonchev–Trinajstić information content (AvgIpc) is 3.08. The normalized spacial score (nSPS) is 20.4. The second-order valence-corrected chi connectivity index (χ2v) is 14.9. The van der Waals surface area contributed by atoms with Gasteiger partial charge in [0.05, 0.1) is 25.2 Å². The Kier molecular flexibility index (Phi) is 19.2. The number of ether oxygens (including phenoxy) is 1. The van der Waals surface area contributed by atoms with Gasteiger partial charge in [-0.3, -0.25) is 24.0 Å². The number of hydrogen-bond donors (Lipinski definition) is 7. The number of carbonyl (C=O) groups excluding carboxylic acids is 6. The van der Waals surface area contributed by atoms with Crippen LogP contribution < -0.4 is 31.9 Å². The van der Waals surface area contributed by atoms with E-state index in [2.05, 4.69) is 31.9 Å². The molecule has 0 aliphatic carbocycles. The molecule has 52 heavy (non-hydrogen) atoms. The maximum atomic E-state index is 13.8. The van der Waals surface area contributed by atoms with Crippen LogP contribution in [-0.2, 0) is 35.3 Å². The van der Waals surface area contributed by atoms with Crippen LogP contribution in [-0.4, -0.2) is 84.2 Å². The molecule has 1 aromatic carbocycles. The number of benzene rings is 1. The van der Waals surface area contributed by atoms with Crippen LogP contribution in [0.15, 0.2) is 30.3 Å². The van der Waals surface area contributed by atoms with E-state index in [1.807, 2.05) is 58.0 Å². The molecule has 0 radical (unpaired) electrons. The van der Waals surface area contributed by atoms with E-state index in [0.717, 1.165) is 18.4 Å². The topological polar surface area (TPSA) is 204 Å². The standard InChI is InChI=1S/C38H62N6O8/c1-23(2)19-28(30(45)20-26(7)34(47)43-32(24(3)4)36(49)40-22-27-15-11-10-12-16-27)41-35(48)29-21-31(46)39-17-13-8-9-14-18-52-38(51)44-33(25(5)6)37(50)42-29/h10-12,15-16,23-26,28-30,32-33,45H,8-9,13-14,17-22H2,1-7H3,(H,39,46)(H,40,49)(H,41,48)(H,42,50)(H,43,47)(H,44,51)/t26-,28+,29+,30+,32?,33+/m1/s1. The minimum atomic E-state index is -1.32. The van der Waals surface area contributed by atoms with E-state index in [0.29, 0.717) is 32.4 Å². The van der Waals surface area contributed by atoms with Gasteiger partial charge >= 0.3 is 6.09 Å². The number of aliphatic hydroxyl groups excluding tert-OH is 1. The van der Waals surface area contributed by atoms with Crippen molar-refractivity contribution < 1.29 is 38.6 Å². The molecular formula is C38H62N6O8. The molecule has 1 heterocycles. The molecule has 1 aromatic rings. The second-order valence-electron chi connectivity index (χ2n) is 14.9. The highest BCUT2D eigenvalue weighted by Gasteiger charge is 2.34. The summed E-state index contributed by atoms with van der Waals surface area (Å²) in [5, 5.41) is 27.9. The van der Waals surface area contributed by atoms with Gasteiger partial charge in [0.15, 0.2) is 0 Å². The average molecular weight is 731 g/mol. The predicted octanol–water partition coefficient (Wildman–Crippen LogP) is 2.68. The zero-order valence-electron chi connectivity index (χ0n) is 32.0. The predicted molar refractivity (Wildman–Crippen MR) is 197 cm³/mol. The Morgan fingerprint density at radius 1 is 0.865 bits per heavy atom. The lowest BCUT2D eigenvalue weighted by molar-refractivity contribution is -0.134. The van der Waals surface area contributed by atoms with Crippen molar-refractivity contribution >= 4 is 35.6 Å². The summed E-state index contributed by atoms with van der Waals surface area (Å²) in [6.45, 7) is 13.5. The van der Waals surface area contributed by atoms with Gasteiger partial charge in [-0.1, -0.05) is 85.2 Å². The largest absolute Gasteiger partial charge is 0.450 e. The molecule has 1 fully saturated rings. The van der Waals surface area contributed by atoms with Gasteiger partial charge in [-0.25, -0.2) is 4.79 Å². The number of aliphatic hydroxyl groups is 1. The van der Waals surface area contributed by atoms with Gasteiger partial charge in [-0.2, -0.15) is 0 Å². The van der Waals surface area contributed by atoms with Crippen molar-refractivity contribution in [2.24, 2.45) is 23.7 Å². The summed E-state index contributed by atoms with van der Waals surface area (Å²) in [4.78, 5) is 78.9. The molecule has 1 aliphatic rings. The SMILES string of the molecule is CC(C)C[C@H](NC(=O)[C@@H]1CC(=O)NCCCCCCOC(=O)N[C@@H](C(C)C)C(=O)N1)[C@@H](O)C[C@@H](C)C(=O)NC(C(=O)NCc1ccccc1)C(C)C. The van der Waals surface area contributed by atoms with Crippen LogP contribution in [0.2, 0.25) is 0 Å². The van der Waals surface area contributed by atoms with Gasteiger partial charge in [-0.05, 0) is 55.4 Å². The van der Waals surface area contributed by atoms with Gasteiger partial charge in [0.25, 0.3) is 0 Å². The van der Waals surface area contributed by atoms with Crippen molar-refractivity contribution in [1.29, 1.82) is 0 Å². The summed E-state index contributed by atoms with van der Waals surface area (Å²) in [5.41, 5.74) is 0.925. The number of alkyl carbamates (subject to hydrolysis) is 1. The van der Waals surface area contributed by atoms with Crippen molar-refractivity contribution in [3.63, 3.8) is 0 Å². The van der Waals surface area contributed by atoms with E-state index in [1.165, 1.54) is 0 Å². The van der Waals surface area contributed by atoms with Crippen molar-refractivity contribution in [3.05, 3.63) is 35.9 Å². The first kappa shape index (κ1) is 44.0. The Hall–Kier alpha value is -4.20. The van der Waals surface area contributed by atoms with Crippen LogP contribution in [0.4, 0.5) is 4.79 Å². The fourth-order valence-electron chi connectivity index (χ4n) is 5.87. The Labute approximate surface area is 308 Å². The van der Waals surface area contributed by atoms with Gasteiger partial charge in [0.1, 0.15) is 18.1 Å². The molecule has 7 N–H and O–H groups in total. The Morgan fingerprint density at radius 3 is 2.17 bits per heavy atom. The van der Waals surface area contributed by atoms with Crippen LogP contribution in [0, 0.1) is 23.7 Å². The minimum Gasteiger partial charge on any atom is -0.450 e. The molecule has 14 heteroatoms. The number of nitrogens with one attached hydrogen (secondary N) is 6. The Bertz CT molecular complexity index is 1310. The third kappa shape index (κ3) is 16.0. The van der Waals surface area contributed by atoms with Crippen LogP contribution in [0.3, 0.4) is 0 Å². The van der Waals surface area contributed by atoms with Crippen molar-refractivity contribution in [1.82, 2.24) is 31.9 Å². The Morgan fingerprint density at radius 2 is 1.54 bits per heavy atom. The second kappa shape index (κ2) is 22.7. The molecule has 1 unspecified atom stereocenters. The molecule has 1 aliphatic heterocycles. The molecule has 1 saturated heterocycles. The highest BCUT2D eigenvalue weighted by atomic mass is 16.5. The first-order valence-electron chi connectivity index (χ1n) is 18.7. The number of amides is 6. The summed E-state index contributed by atoms with van der Waals surface area (Å²) in [6, 6.07) is 5.45. The highest BCUT2D eigenvalue weighted by Crippen LogP contribution is 2.17. The summed E-state index contributed by atoms with van der Waals surface area (Å²) >= 11 is 0. The van der Waals surface area contributed by atoms with Crippen molar-refractivity contribution in [2.75, 3.05) is 13.2 Å². The Balaban J connectivity index is 2.17. The monoisotopic (exact) mass is 730 g/mol. The zero-order valence-corrected chi connectivity index (χ0v) is 32.0. The van der Waals surface area contributed by atoms with Crippen molar-refractivity contribution in [3.8, 4) is 0 Å². The number of carbonyl (C=O) groups is 6. The van der Waals surface area contributed by atoms with Crippen LogP contribution in [0.1, 0.15) is 99.0 Å². The number of hydrogen-bond acceptors (Lipinski definition) is 8. The highest BCUT2D eigenvalue weighted by molar-refractivity contribution is 5.94. The molecule has 0 saturated carbocycles. The molecule has 292 valence electrons. The van der Waals surface area contributed by atoms with Crippen molar-refractivity contribution in [2.45, 2.75) is 130 Å². The van der Waals surface area contributed by atoms with E-state index in [9.17, 15) is 33.9 Å². The van der Waals surface area contributed by atoms with E-state index >= 15 is 0 Å². The first-order valence-corrected chi connectivity index (χ1v) is 18.7. The third-order valence-corrected chi connectivity index (χ3v) is 8.99. The molecule has 0 spiro atoms. The fraction of sp³-hybridized carbons (Fsp3) is 0.684. The number of cyclic esters (lactones) is 1. The lowest BCUT2D eigenvalue weighted by Gasteiger charge is -2.30. The van der Waals surface area contributed by atoms with E-state index in [-0.39, 0.29) is 43.1 Å². The lowest BCUT2D eigenvalue weighted by Crippen LogP contribution is -2.58. The lowest BCUT2D eigenvalue weighted by atomic mass is 9.91. The molecular weight excluding hydrogens is 668 g/mol. The fourth-order valence-corrected chi connectivity index (χ4v) is 5.87. The minimum absolute atomic E-state index is 0.0261. The summed E-state index contributed by atoms with van der Waals surface area (Å²) < 4.78 is 5.24. The third-order valence-electron chi connectivity index (χ3n) is 8.99. The summed E-state index contributed by atoms with van der Waals surface area (Å²) in [5.74, 6) is -3.79. The van der Waals surface area contributed by atoms with Gasteiger partial charge in [-0.15, -0.1) is 0 Å². The molecule has 6 amide bonds. The molecule has 0 aromatic heterocycles. The molecule has 6 atom stereocenters. The van der Waals surface area contributed by atoms with Crippen LogP contribution in [0.25, 0.3) is 0 Å². The van der Waals surface area contributed by atoms with E-state index in [4.69, 9.17) is 4.74 Å². The quantitative estimate of drug-likeness (QED) is 0.151. The van der Waals surface area contributed by atoms with E-state index in [1.54, 1.807) is 20.8 Å². The van der Waals surface area contributed by atoms with Gasteiger partial charge in [0, 0.05) is 19.0 Å². The van der Waals surface area contributed by atoms with Crippen LogP contribution in [0.5, 0.6) is 0 Å². The zero-order chi connectivity index (χ0) is 38.8. The molecule has 0 bridgehead atoms. The van der Waals surface area contributed by atoms with Gasteiger partial charge < -0.3 is 41.7 Å². The molecule has 2 rings (SSSR count). The summed E-state index contributed by atoms with van der Waals surface area (Å²) in [6.07, 6.45) is 0.985. The number of rotatable bonds is 14. The maximum Gasteiger partial charge on any atom is 0.407 e.